The Bertz CT molecular complexity index is 1370. The van der Waals surface area contributed by atoms with Crippen molar-refractivity contribution in [3.05, 3.63) is 95.0 Å². The lowest BCUT2D eigenvalue weighted by atomic mass is 10.1. The van der Waals surface area contributed by atoms with Crippen LogP contribution in [0.2, 0.25) is 5.02 Å². The minimum Gasteiger partial charge on any atom is -0.489 e. The van der Waals surface area contributed by atoms with E-state index in [-0.39, 0.29) is 12.5 Å². The van der Waals surface area contributed by atoms with Crippen LogP contribution in [0.25, 0.3) is 0 Å². The highest BCUT2D eigenvalue weighted by atomic mass is 35.5. The monoisotopic (exact) mass is 599 g/mol. The fourth-order valence-electron chi connectivity index (χ4n) is 4.28. The first-order valence-corrected chi connectivity index (χ1v) is 15.9. The molecule has 2 amide bonds. The van der Waals surface area contributed by atoms with Gasteiger partial charge in [-0.05, 0) is 60.4 Å². The molecule has 0 bridgehead atoms. The first-order chi connectivity index (χ1) is 19.6. The van der Waals surface area contributed by atoms with Crippen molar-refractivity contribution in [1.29, 1.82) is 0 Å². The van der Waals surface area contributed by atoms with Crippen molar-refractivity contribution < 1.29 is 22.7 Å². The first kappa shape index (κ1) is 32.0. The summed E-state index contributed by atoms with van der Waals surface area (Å²) in [5.74, 6) is -0.196. The molecule has 1 atom stereocenters. The number of halogens is 1. The summed E-state index contributed by atoms with van der Waals surface area (Å²) < 4.78 is 32.6. The average molecular weight is 600 g/mol. The summed E-state index contributed by atoms with van der Waals surface area (Å²) in [7, 11) is -3.84. The van der Waals surface area contributed by atoms with Crippen LogP contribution in [0.3, 0.4) is 0 Å². The smallest absolute Gasteiger partial charge is 0.244 e. The van der Waals surface area contributed by atoms with E-state index in [1.54, 1.807) is 48.5 Å². The standard InChI is InChI=1S/C31H38ClN3O5S/c1-4-6-20-33-31(37)29(5-2)34(21-24-12-14-26(32)15-13-24)30(36)22-35(41(3,38)39)27-16-18-28(19-17-27)40-23-25-10-8-7-9-11-25/h7-19,29H,4-6,20-23H2,1-3H3,(H,33,37)/t29-/m0/s1. The van der Waals surface area contributed by atoms with Crippen LogP contribution in [0, 0.1) is 0 Å². The Morgan fingerprint density at radius 2 is 1.59 bits per heavy atom. The zero-order chi connectivity index (χ0) is 29.8. The van der Waals surface area contributed by atoms with E-state index >= 15 is 0 Å². The van der Waals surface area contributed by atoms with Crippen molar-refractivity contribution in [3.8, 4) is 5.75 Å². The highest BCUT2D eigenvalue weighted by Gasteiger charge is 2.31. The molecule has 10 heteroatoms. The van der Waals surface area contributed by atoms with Crippen LogP contribution in [0.1, 0.15) is 44.2 Å². The van der Waals surface area contributed by atoms with Crippen LogP contribution >= 0.6 is 11.6 Å². The predicted molar refractivity (Wildman–Crippen MR) is 163 cm³/mol. The normalized spacial score (nSPS) is 11.9. The zero-order valence-electron chi connectivity index (χ0n) is 23.8. The van der Waals surface area contributed by atoms with Gasteiger partial charge >= 0.3 is 0 Å². The third-order valence-electron chi connectivity index (χ3n) is 6.53. The van der Waals surface area contributed by atoms with Gasteiger partial charge in [-0.15, -0.1) is 0 Å². The summed E-state index contributed by atoms with van der Waals surface area (Å²) in [5, 5.41) is 3.46. The lowest BCUT2D eigenvalue weighted by Crippen LogP contribution is -2.52. The average Bonchev–Trinajstić information content (AvgIpc) is 2.96. The van der Waals surface area contributed by atoms with Gasteiger partial charge in [-0.3, -0.25) is 13.9 Å². The maximum Gasteiger partial charge on any atom is 0.244 e. The lowest BCUT2D eigenvalue weighted by Gasteiger charge is -2.33. The van der Waals surface area contributed by atoms with Gasteiger partial charge in [0.2, 0.25) is 21.8 Å². The molecule has 0 unspecified atom stereocenters. The minimum absolute atomic E-state index is 0.125. The molecule has 0 aliphatic heterocycles. The van der Waals surface area contributed by atoms with E-state index in [4.69, 9.17) is 16.3 Å². The second-order valence-corrected chi connectivity index (χ2v) is 12.1. The third-order valence-corrected chi connectivity index (χ3v) is 7.93. The number of nitrogens with zero attached hydrogens (tertiary/aromatic N) is 2. The van der Waals surface area contributed by atoms with Gasteiger partial charge in [0, 0.05) is 18.1 Å². The second-order valence-electron chi connectivity index (χ2n) is 9.75. The molecule has 0 saturated heterocycles. The Morgan fingerprint density at radius 1 is 0.927 bits per heavy atom. The number of unbranched alkanes of at least 4 members (excludes halogenated alkanes) is 1. The van der Waals surface area contributed by atoms with Gasteiger partial charge in [0.15, 0.2) is 0 Å². The fourth-order valence-corrected chi connectivity index (χ4v) is 5.25. The van der Waals surface area contributed by atoms with Crippen molar-refractivity contribution in [1.82, 2.24) is 10.2 Å². The molecule has 3 aromatic carbocycles. The van der Waals surface area contributed by atoms with Gasteiger partial charge in [0.05, 0.1) is 11.9 Å². The number of hydrogen-bond acceptors (Lipinski definition) is 5. The van der Waals surface area contributed by atoms with Crippen molar-refractivity contribution in [2.75, 3.05) is 23.7 Å². The van der Waals surface area contributed by atoms with Crippen LogP contribution in [-0.2, 0) is 32.8 Å². The van der Waals surface area contributed by atoms with Gasteiger partial charge in [-0.25, -0.2) is 8.42 Å². The summed E-state index contributed by atoms with van der Waals surface area (Å²) in [4.78, 5) is 28.4. The molecule has 0 aromatic heterocycles. The van der Waals surface area contributed by atoms with Gasteiger partial charge in [0.1, 0.15) is 24.9 Å². The Kier molecular flexibility index (Phi) is 12.0. The molecule has 3 aromatic rings. The van der Waals surface area contributed by atoms with Gasteiger partial charge < -0.3 is 15.0 Å². The maximum atomic E-state index is 13.8. The van der Waals surface area contributed by atoms with E-state index in [1.165, 1.54) is 4.90 Å². The summed E-state index contributed by atoms with van der Waals surface area (Å²) in [6.45, 7) is 4.39. The molecular formula is C31H38ClN3O5S. The zero-order valence-corrected chi connectivity index (χ0v) is 25.3. The molecule has 0 heterocycles. The lowest BCUT2D eigenvalue weighted by molar-refractivity contribution is -0.140. The molecule has 0 fully saturated rings. The number of benzene rings is 3. The van der Waals surface area contributed by atoms with Crippen molar-refractivity contribution in [2.24, 2.45) is 0 Å². The summed E-state index contributed by atoms with van der Waals surface area (Å²) in [6, 6.07) is 22.5. The number of nitrogens with one attached hydrogen (secondary N) is 1. The predicted octanol–water partition coefficient (Wildman–Crippen LogP) is 5.41. The van der Waals surface area contributed by atoms with Gasteiger partial charge in [-0.2, -0.15) is 0 Å². The van der Waals surface area contributed by atoms with E-state index in [0.29, 0.717) is 36.0 Å². The quantitative estimate of drug-likeness (QED) is 0.236. The topological polar surface area (TPSA) is 96.0 Å². The SMILES string of the molecule is CCCCNC(=O)[C@H](CC)N(Cc1ccc(Cl)cc1)C(=O)CN(c1ccc(OCc2ccccc2)cc1)S(C)(=O)=O. The van der Waals surface area contributed by atoms with Crippen LogP contribution in [0.4, 0.5) is 5.69 Å². The molecule has 3 rings (SSSR count). The summed E-state index contributed by atoms with van der Waals surface area (Å²) in [5.41, 5.74) is 2.10. The highest BCUT2D eigenvalue weighted by molar-refractivity contribution is 7.92. The van der Waals surface area contributed by atoms with Crippen LogP contribution < -0.4 is 14.4 Å². The number of ether oxygens (including phenoxy) is 1. The number of sulfonamides is 1. The third kappa shape index (κ3) is 9.79. The molecule has 41 heavy (non-hydrogen) atoms. The summed E-state index contributed by atoms with van der Waals surface area (Å²) >= 11 is 6.04. The molecule has 1 N–H and O–H groups in total. The number of amides is 2. The maximum absolute atomic E-state index is 13.8. The van der Waals surface area contributed by atoms with E-state index in [2.05, 4.69) is 5.32 Å². The fraction of sp³-hybridized carbons (Fsp3) is 0.355. The van der Waals surface area contributed by atoms with Crippen molar-refractivity contribution in [2.45, 2.75) is 52.3 Å². The molecule has 0 aliphatic rings. The summed E-state index contributed by atoms with van der Waals surface area (Å²) in [6.07, 6.45) is 3.16. The van der Waals surface area contributed by atoms with E-state index in [1.807, 2.05) is 44.2 Å². The molecule has 0 spiro atoms. The number of carbonyl (C=O) groups is 2. The van der Waals surface area contributed by atoms with Crippen molar-refractivity contribution in [3.63, 3.8) is 0 Å². The van der Waals surface area contributed by atoms with E-state index < -0.39 is 28.5 Å². The number of rotatable bonds is 15. The molecule has 220 valence electrons. The molecule has 0 saturated carbocycles. The Balaban J connectivity index is 1.83. The number of carbonyl (C=O) groups excluding carboxylic acids is 2. The second kappa shape index (κ2) is 15.4. The van der Waals surface area contributed by atoms with Crippen LogP contribution in [0.5, 0.6) is 5.75 Å². The number of hydrogen-bond donors (Lipinski definition) is 1. The number of anilines is 1. The van der Waals surface area contributed by atoms with Crippen LogP contribution in [0.15, 0.2) is 78.9 Å². The molecule has 0 radical (unpaired) electrons. The van der Waals surface area contributed by atoms with Gasteiger partial charge in [0.25, 0.3) is 0 Å². The molecule has 0 aliphatic carbocycles. The minimum atomic E-state index is -3.84. The Hall–Kier alpha value is -3.56. The largest absolute Gasteiger partial charge is 0.489 e. The molecule has 8 nitrogen and oxygen atoms in total. The molecular weight excluding hydrogens is 562 g/mol. The van der Waals surface area contributed by atoms with Crippen molar-refractivity contribution >= 4 is 39.1 Å². The van der Waals surface area contributed by atoms with Gasteiger partial charge in [-0.1, -0.05) is 74.3 Å². The van der Waals surface area contributed by atoms with E-state index in [9.17, 15) is 18.0 Å². The Morgan fingerprint density at radius 3 is 2.17 bits per heavy atom. The van der Waals surface area contributed by atoms with E-state index in [0.717, 1.165) is 34.5 Å². The van der Waals surface area contributed by atoms with Crippen LogP contribution in [-0.4, -0.2) is 50.5 Å². The first-order valence-electron chi connectivity index (χ1n) is 13.7. The Labute approximate surface area is 248 Å². The highest BCUT2D eigenvalue weighted by Crippen LogP contribution is 2.24.